The van der Waals surface area contributed by atoms with E-state index in [9.17, 15) is 9.59 Å². The molecule has 8 heteroatoms. The molecule has 3 saturated carbocycles. The second-order valence-electron chi connectivity index (χ2n) is 17.4. The molecule has 1 spiro atoms. The minimum atomic E-state index is -0.349. The molecule has 0 aromatic heterocycles. The molecular weight excluding hydrogens is 646 g/mol. The predicted octanol–water partition coefficient (Wildman–Crippen LogP) is 9.04. The van der Waals surface area contributed by atoms with Gasteiger partial charge in [0, 0.05) is 47.9 Å². The summed E-state index contributed by atoms with van der Waals surface area (Å²) in [5.41, 5.74) is 16.5. The smallest absolute Gasteiger partial charge is 0.311 e. The maximum Gasteiger partial charge on any atom is 0.311 e. The molecule has 7 atom stereocenters. The molecule has 0 heterocycles. The van der Waals surface area contributed by atoms with Gasteiger partial charge in [0.2, 0.25) is 0 Å². The molecule has 2 aromatic carbocycles. The van der Waals surface area contributed by atoms with Crippen molar-refractivity contribution in [3.8, 4) is 11.5 Å². The van der Waals surface area contributed by atoms with Gasteiger partial charge in [-0.05, 0) is 109 Å². The molecule has 5 aliphatic rings. The Morgan fingerprint density at radius 3 is 1.94 bits per heavy atom. The van der Waals surface area contributed by atoms with Crippen molar-refractivity contribution in [2.24, 2.45) is 28.7 Å². The second kappa shape index (κ2) is 14.5. The van der Waals surface area contributed by atoms with Crippen molar-refractivity contribution in [1.29, 1.82) is 0 Å². The summed E-state index contributed by atoms with van der Waals surface area (Å²) in [6, 6.07) is 6.48. The van der Waals surface area contributed by atoms with Crippen LogP contribution in [-0.4, -0.2) is 24.0 Å². The van der Waals surface area contributed by atoms with Crippen LogP contribution < -0.4 is 20.9 Å². The van der Waals surface area contributed by atoms with Gasteiger partial charge in [0.25, 0.3) is 0 Å². The van der Waals surface area contributed by atoms with Crippen molar-refractivity contribution >= 4 is 11.9 Å². The van der Waals surface area contributed by atoms with Gasteiger partial charge in [-0.15, -0.1) is 0 Å². The van der Waals surface area contributed by atoms with Crippen molar-refractivity contribution in [2.45, 2.75) is 165 Å². The Balaban J connectivity index is 0.829. The van der Waals surface area contributed by atoms with Gasteiger partial charge < -0.3 is 20.9 Å². The van der Waals surface area contributed by atoms with Crippen LogP contribution in [-0.2, 0) is 33.3 Å². The normalized spacial score (nSPS) is 32.2. The van der Waals surface area contributed by atoms with Crippen LogP contribution in [0.15, 0.2) is 24.3 Å². The Morgan fingerprint density at radius 1 is 0.725 bits per heavy atom. The van der Waals surface area contributed by atoms with Crippen molar-refractivity contribution in [2.75, 3.05) is 0 Å². The molecular formula is C43H58F2N2O4. The van der Waals surface area contributed by atoms with E-state index in [4.69, 9.17) is 20.9 Å². The number of nitrogens with two attached hydrogens (primary N) is 2. The topological polar surface area (TPSA) is 105 Å². The standard InChI is InChI=1S/C43H58F2N2O4/c1-41-18-12-7-8-14-27(39(41)46)20-31-33(41)21-29(23-35(31)44)50-37(48)16-9-5-3-4-6-10-17-38(49)51-30-22-34-32(36(45)24-30)26-43-25-28(43)15-11-13-19-42(34,2)40(43)47/h21-24,27-28,39-40H,3-20,25-26,46-47H2,1-2H3/t27-,28-,39-,40+,41+,42+,43?/m0/s1. The third-order valence-corrected chi connectivity index (χ3v) is 14.1. The molecule has 3 fully saturated rings. The largest absolute Gasteiger partial charge is 0.426 e. The summed E-state index contributed by atoms with van der Waals surface area (Å²) < 4.78 is 42.2. The van der Waals surface area contributed by atoms with E-state index >= 15 is 8.78 Å². The lowest BCUT2D eigenvalue weighted by Crippen LogP contribution is -2.55. The number of rotatable bonds is 11. The minimum Gasteiger partial charge on any atom is -0.426 e. The van der Waals surface area contributed by atoms with E-state index in [1.54, 1.807) is 0 Å². The SMILES string of the molecule is C[C@@]12CCCCC[C@@H](Cc3c(F)cc(OC(=O)CCCCCCCCC(=O)Oc4cc(F)c5c(c4)[C@@]4(C)CCCC[C@H]6CC6(C5)[C@@H]4N)cc31)[C@@H]2N. The van der Waals surface area contributed by atoms with Gasteiger partial charge in [0.1, 0.15) is 23.1 Å². The molecule has 0 saturated heterocycles. The Hall–Kier alpha value is -2.84. The first-order valence-corrected chi connectivity index (χ1v) is 20.0. The van der Waals surface area contributed by atoms with Crippen LogP contribution >= 0.6 is 0 Å². The number of fused-ring (bicyclic) bond motifs is 7. The monoisotopic (exact) mass is 704 g/mol. The van der Waals surface area contributed by atoms with Crippen molar-refractivity contribution in [3.05, 3.63) is 58.2 Å². The number of unbranched alkanes of at least 4 members (excludes halogenated alkanes) is 5. The van der Waals surface area contributed by atoms with Crippen LogP contribution in [0.3, 0.4) is 0 Å². The van der Waals surface area contributed by atoms with Gasteiger partial charge >= 0.3 is 11.9 Å². The number of hydrogen-bond acceptors (Lipinski definition) is 6. The van der Waals surface area contributed by atoms with Gasteiger partial charge in [-0.1, -0.05) is 71.6 Å². The van der Waals surface area contributed by atoms with Gasteiger partial charge in [0.15, 0.2) is 0 Å². The summed E-state index contributed by atoms with van der Waals surface area (Å²) in [5.74, 6) is 0.188. The Morgan fingerprint density at radius 2 is 1.27 bits per heavy atom. The first kappa shape index (κ1) is 36.5. The summed E-state index contributed by atoms with van der Waals surface area (Å²) in [7, 11) is 0. The highest BCUT2D eigenvalue weighted by Crippen LogP contribution is 2.67. The van der Waals surface area contributed by atoms with E-state index in [0.717, 1.165) is 92.9 Å². The molecule has 7 rings (SSSR count). The van der Waals surface area contributed by atoms with Gasteiger partial charge in [0.05, 0.1) is 0 Å². The van der Waals surface area contributed by atoms with Gasteiger partial charge in [-0.25, -0.2) is 8.78 Å². The van der Waals surface area contributed by atoms with Crippen molar-refractivity contribution < 1.29 is 27.8 Å². The summed E-state index contributed by atoms with van der Waals surface area (Å²) in [4.78, 5) is 25.4. The maximum atomic E-state index is 15.5. The van der Waals surface area contributed by atoms with Crippen molar-refractivity contribution in [3.63, 3.8) is 0 Å². The molecule has 51 heavy (non-hydrogen) atoms. The molecule has 0 radical (unpaired) electrons. The number of carbonyl (C=O) groups excluding carboxylic acids is 2. The zero-order valence-electron chi connectivity index (χ0n) is 30.8. The second-order valence-corrected chi connectivity index (χ2v) is 17.4. The molecule has 6 nitrogen and oxygen atoms in total. The van der Waals surface area contributed by atoms with E-state index in [2.05, 4.69) is 13.8 Å². The maximum absolute atomic E-state index is 15.5. The number of ether oxygens (including phenoxy) is 2. The molecule has 4 bridgehead atoms. The fraction of sp³-hybridized carbons (Fsp3) is 0.674. The van der Waals surface area contributed by atoms with Crippen LogP contribution in [0.25, 0.3) is 0 Å². The summed E-state index contributed by atoms with van der Waals surface area (Å²) in [5, 5.41) is 0. The molecule has 1 unspecified atom stereocenters. The minimum absolute atomic E-state index is 0.00442. The Bertz CT molecular complexity index is 1650. The Kier molecular flexibility index (Phi) is 10.4. The number of hydrogen-bond donors (Lipinski definition) is 2. The Labute approximate surface area is 302 Å². The zero-order chi connectivity index (χ0) is 36.0. The van der Waals surface area contributed by atoms with E-state index < -0.39 is 0 Å². The highest BCUT2D eigenvalue weighted by molar-refractivity contribution is 5.73. The lowest BCUT2D eigenvalue weighted by molar-refractivity contribution is -0.135. The molecule has 5 aliphatic carbocycles. The average molecular weight is 705 g/mol. The fourth-order valence-corrected chi connectivity index (χ4v) is 10.9. The lowest BCUT2D eigenvalue weighted by Gasteiger charge is -2.48. The van der Waals surface area contributed by atoms with Crippen LogP contribution in [0.4, 0.5) is 8.78 Å². The highest BCUT2D eigenvalue weighted by Gasteiger charge is 2.65. The van der Waals surface area contributed by atoms with E-state index in [-0.39, 0.29) is 82.2 Å². The third-order valence-electron chi connectivity index (χ3n) is 14.1. The van der Waals surface area contributed by atoms with Crippen LogP contribution in [0.1, 0.15) is 152 Å². The average Bonchev–Trinajstić information content (AvgIpc) is 3.78. The number of carbonyl (C=O) groups is 2. The fourth-order valence-electron chi connectivity index (χ4n) is 10.9. The first-order chi connectivity index (χ1) is 24.4. The summed E-state index contributed by atoms with van der Waals surface area (Å²) in [6.45, 7) is 4.34. The van der Waals surface area contributed by atoms with Crippen LogP contribution in [0.2, 0.25) is 0 Å². The van der Waals surface area contributed by atoms with Gasteiger partial charge in [-0.2, -0.15) is 0 Å². The quantitative estimate of drug-likeness (QED) is 0.137. The van der Waals surface area contributed by atoms with E-state index in [1.165, 1.54) is 31.4 Å². The zero-order valence-corrected chi connectivity index (χ0v) is 30.8. The van der Waals surface area contributed by atoms with Crippen molar-refractivity contribution in [1.82, 2.24) is 0 Å². The molecule has 0 aliphatic heterocycles. The van der Waals surface area contributed by atoms with Crippen LogP contribution in [0.5, 0.6) is 11.5 Å². The first-order valence-electron chi connectivity index (χ1n) is 20.0. The number of benzene rings is 2. The predicted molar refractivity (Wildman–Crippen MR) is 195 cm³/mol. The van der Waals surface area contributed by atoms with Gasteiger partial charge in [-0.3, -0.25) is 9.59 Å². The molecule has 278 valence electrons. The number of esters is 2. The lowest BCUT2D eigenvalue weighted by atomic mass is 9.58. The third kappa shape index (κ3) is 7.01. The molecule has 0 amide bonds. The molecule has 2 aromatic rings. The van der Waals surface area contributed by atoms with E-state index in [0.29, 0.717) is 31.6 Å². The van der Waals surface area contributed by atoms with E-state index in [1.807, 2.05) is 12.1 Å². The highest BCUT2D eigenvalue weighted by atomic mass is 19.1. The summed E-state index contributed by atoms with van der Waals surface area (Å²) in [6.07, 6.45) is 17.7. The molecule has 4 N–H and O–H groups in total. The number of halogens is 2. The summed E-state index contributed by atoms with van der Waals surface area (Å²) >= 11 is 0. The van der Waals surface area contributed by atoms with Crippen LogP contribution in [0, 0.1) is 28.9 Å².